The SMILES string of the molecule is CC1=C(CCC(C)CCCC(C)CC(=O)O)[C@]2(C)C[C@@H]2CC1. The largest absolute Gasteiger partial charge is 0.481 e. The van der Waals surface area contributed by atoms with Gasteiger partial charge in [0.05, 0.1) is 0 Å². The number of aliphatic carboxylic acids is 1. The maximum absolute atomic E-state index is 10.7. The first-order chi connectivity index (χ1) is 10.3. The number of fused-ring (bicyclic) bond motifs is 1. The van der Waals surface area contributed by atoms with E-state index in [0.29, 0.717) is 17.8 Å². The summed E-state index contributed by atoms with van der Waals surface area (Å²) in [7, 11) is 0. The molecule has 0 bridgehead atoms. The van der Waals surface area contributed by atoms with E-state index < -0.39 is 5.97 Å². The maximum Gasteiger partial charge on any atom is 0.303 e. The predicted molar refractivity (Wildman–Crippen MR) is 91.8 cm³/mol. The van der Waals surface area contributed by atoms with Crippen LogP contribution in [0.25, 0.3) is 0 Å². The van der Waals surface area contributed by atoms with E-state index in [4.69, 9.17) is 5.11 Å². The summed E-state index contributed by atoms with van der Waals surface area (Å²) in [5.41, 5.74) is 4.03. The molecule has 2 aliphatic carbocycles. The molecule has 4 atom stereocenters. The lowest BCUT2D eigenvalue weighted by Crippen LogP contribution is -2.12. The Bertz CT molecular complexity index is 437. The molecule has 2 rings (SSSR count). The van der Waals surface area contributed by atoms with Crippen LogP contribution < -0.4 is 0 Å². The Kier molecular flexibility index (Phi) is 5.74. The van der Waals surface area contributed by atoms with Gasteiger partial charge < -0.3 is 5.11 Å². The maximum atomic E-state index is 10.7. The van der Waals surface area contributed by atoms with E-state index in [0.717, 1.165) is 18.3 Å². The molecule has 0 radical (unpaired) electrons. The van der Waals surface area contributed by atoms with Crippen LogP contribution in [0.4, 0.5) is 0 Å². The third-order valence-corrected chi connectivity index (χ3v) is 6.29. The van der Waals surface area contributed by atoms with Gasteiger partial charge in [0.1, 0.15) is 0 Å². The molecule has 1 saturated carbocycles. The Morgan fingerprint density at radius 3 is 2.64 bits per heavy atom. The van der Waals surface area contributed by atoms with Gasteiger partial charge in [-0.1, -0.05) is 51.2 Å². The van der Waals surface area contributed by atoms with Crippen molar-refractivity contribution < 1.29 is 9.90 Å². The molecular weight excluding hydrogens is 272 g/mol. The highest BCUT2D eigenvalue weighted by Gasteiger charge is 2.53. The number of carboxylic acid groups (broad SMARTS) is 1. The highest BCUT2D eigenvalue weighted by atomic mass is 16.4. The second-order valence-electron chi connectivity index (χ2n) is 8.39. The average molecular weight is 306 g/mol. The van der Waals surface area contributed by atoms with E-state index in [1.54, 1.807) is 11.1 Å². The van der Waals surface area contributed by atoms with Gasteiger partial charge >= 0.3 is 5.97 Å². The Hall–Kier alpha value is -0.790. The molecule has 2 nitrogen and oxygen atoms in total. The van der Waals surface area contributed by atoms with Crippen LogP contribution in [0, 0.1) is 23.2 Å². The molecule has 0 aromatic rings. The predicted octanol–water partition coefficient (Wildman–Crippen LogP) is 5.82. The summed E-state index contributed by atoms with van der Waals surface area (Å²) in [6.07, 6.45) is 10.6. The minimum Gasteiger partial charge on any atom is -0.481 e. The van der Waals surface area contributed by atoms with Gasteiger partial charge in [-0.25, -0.2) is 0 Å². The van der Waals surface area contributed by atoms with Crippen molar-refractivity contribution >= 4 is 5.97 Å². The molecule has 0 heterocycles. The second-order valence-corrected chi connectivity index (χ2v) is 8.39. The van der Waals surface area contributed by atoms with Crippen LogP contribution in [0.2, 0.25) is 0 Å². The zero-order valence-corrected chi connectivity index (χ0v) is 15.0. The number of hydrogen-bond acceptors (Lipinski definition) is 1. The highest BCUT2D eigenvalue weighted by molar-refractivity contribution is 5.66. The van der Waals surface area contributed by atoms with Crippen molar-refractivity contribution in [1.82, 2.24) is 0 Å². The molecule has 126 valence electrons. The van der Waals surface area contributed by atoms with Crippen molar-refractivity contribution in [2.75, 3.05) is 0 Å². The summed E-state index contributed by atoms with van der Waals surface area (Å²) in [4.78, 5) is 10.7. The average Bonchev–Trinajstić information content (AvgIpc) is 3.08. The Balaban J connectivity index is 1.68. The monoisotopic (exact) mass is 306 g/mol. The van der Waals surface area contributed by atoms with Crippen LogP contribution >= 0.6 is 0 Å². The molecule has 2 aliphatic rings. The molecule has 22 heavy (non-hydrogen) atoms. The summed E-state index contributed by atoms with van der Waals surface area (Å²) < 4.78 is 0. The summed E-state index contributed by atoms with van der Waals surface area (Å²) >= 11 is 0. The molecule has 0 aromatic carbocycles. The highest BCUT2D eigenvalue weighted by Crippen LogP contribution is 2.64. The molecule has 0 saturated heterocycles. The summed E-state index contributed by atoms with van der Waals surface area (Å²) in [5.74, 6) is 1.41. The summed E-state index contributed by atoms with van der Waals surface area (Å²) in [6, 6.07) is 0. The zero-order chi connectivity index (χ0) is 16.3. The van der Waals surface area contributed by atoms with Crippen LogP contribution in [-0.2, 0) is 4.79 Å². The lowest BCUT2D eigenvalue weighted by Gasteiger charge is -2.26. The quantitative estimate of drug-likeness (QED) is 0.545. The van der Waals surface area contributed by atoms with Gasteiger partial charge in [0.2, 0.25) is 0 Å². The third kappa shape index (κ3) is 4.36. The summed E-state index contributed by atoms with van der Waals surface area (Å²) in [6.45, 7) is 9.26. The fraction of sp³-hybridized carbons (Fsp3) is 0.850. The van der Waals surface area contributed by atoms with Crippen molar-refractivity contribution in [3.63, 3.8) is 0 Å². The number of rotatable bonds is 9. The van der Waals surface area contributed by atoms with Gasteiger partial charge in [-0.3, -0.25) is 4.79 Å². The van der Waals surface area contributed by atoms with Crippen LogP contribution in [0.5, 0.6) is 0 Å². The molecular formula is C20H34O2. The summed E-state index contributed by atoms with van der Waals surface area (Å²) in [5, 5.41) is 8.79. The topological polar surface area (TPSA) is 37.3 Å². The lowest BCUT2D eigenvalue weighted by atomic mass is 9.80. The second kappa shape index (κ2) is 7.19. The van der Waals surface area contributed by atoms with Crippen molar-refractivity contribution in [1.29, 1.82) is 0 Å². The Morgan fingerprint density at radius 2 is 1.95 bits per heavy atom. The van der Waals surface area contributed by atoms with Crippen molar-refractivity contribution in [3.05, 3.63) is 11.1 Å². The normalized spacial score (nSPS) is 29.9. The standard InChI is InChI=1S/C20H34O2/c1-14(6-5-7-15(2)12-19(21)22)8-11-18-16(3)9-10-17-13-20(17,18)4/h14-15,17H,5-13H2,1-4H3,(H,21,22)/t14?,15?,17-,20+/m0/s1. The number of carboxylic acids is 1. The minimum atomic E-state index is -0.660. The number of hydrogen-bond donors (Lipinski definition) is 1. The van der Waals surface area contributed by atoms with Crippen LogP contribution in [0.15, 0.2) is 11.1 Å². The smallest absolute Gasteiger partial charge is 0.303 e. The molecule has 2 heteroatoms. The molecule has 1 fully saturated rings. The lowest BCUT2D eigenvalue weighted by molar-refractivity contribution is -0.138. The number of allylic oxidation sites excluding steroid dienone is 2. The van der Waals surface area contributed by atoms with E-state index in [1.807, 2.05) is 0 Å². The van der Waals surface area contributed by atoms with Gasteiger partial charge in [0.25, 0.3) is 0 Å². The fourth-order valence-electron chi connectivity index (χ4n) is 4.52. The molecule has 0 aromatic heterocycles. The van der Waals surface area contributed by atoms with E-state index in [1.165, 1.54) is 44.9 Å². The van der Waals surface area contributed by atoms with Crippen LogP contribution in [-0.4, -0.2) is 11.1 Å². The van der Waals surface area contributed by atoms with Gasteiger partial charge in [-0.15, -0.1) is 0 Å². The molecule has 1 N–H and O–H groups in total. The molecule has 0 amide bonds. The van der Waals surface area contributed by atoms with Crippen molar-refractivity contribution in [2.45, 2.75) is 85.5 Å². The van der Waals surface area contributed by atoms with E-state index in [2.05, 4.69) is 27.7 Å². The van der Waals surface area contributed by atoms with Crippen LogP contribution in [0.3, 0.4) is 0 Å². The Labute approximate surface area is 136 Å². The zero-order valence-electron chi connectivity index (χ0n) is 15.0. The molecule has 0 spiro atoms. The van der Waals surface area contributed by atoms with Gasteiger partial charge in [0.15, 0.2) is 0 Å². The van der Waals surface area contributed by atoms with E-state index in [9.17, 15) is 4.79 Å². The first kappa shape index (κ1) is 17.6. The van der Waals surface area contributed by atoms with Crippen LogP contribution in [0.1, 0.15) is 85.5 Å². The van der Waals surface area contributed by atoms with E-state index in [-0.39, 0.29) is 0 Å². The Morgan fingerprint density at radius 1 is 1.27 bits per heavy atom. The van der Waals surface area contributed by atoms with Gasteiger partial charge in [-0.2, -0.15) is 0 Å². The molecule has 0 aliphatic heterocycles. The van der Waals surface area contributed by atoms with Gasteiger partial charge in [-0.05, 0) is 62.2 Å². The number of carbonyl (C=O) groups is 1. The van der Waals surface area contributed by atoms with E-state index >= 15 is 0 Å². The van der Waals surface area contributed by atoms with Crippen molar-refractivity contribution in [3.8, 4) is 0 Å². The third-order valence-electron chi connectivity index (χ3n) is 6.29. The fourth-order valence-corrected chi connectivity index (χ4v) is 4.52. The molecule has 2 unspecified atom stereocenters. The first-order valence-corrected chi connectivity index (χ1v) is 9.23. The van der Waals surface area contributed by atoms with Crippen molar-refractivity contribution in [2.24, 2.45) is 23.2 Å². The van der Waals surface area contributed by atoms with Gasteiger partial charge in [0, 0.05) is 6.42 Å². The first-order valence-electron chi connectivity index (χ1n) is 9.23. The minimum absolute atomic E-state index is 0.319.